The van der Waals surface area contributed by atoms with Crippen LogP contribution in [-0.2, 0) is 11.3 Å². The smallest absolute Gasteiger partial charge is 0.328 e. The number of benzene rings is 2. The van der Waals surface area contributed by atoms with E-state index in [1.807, 2.05) is 24.3 Å². The topological polar surface area (TPSA) is 140 Å². The van der Waals surface area contributed by atoms with Gasteiger partial charge in [0.15, 0.2) is 5.69 Å². The van der Waals surface area contributed by atoms with Gasteiger partial charge in [0.1, 0.15) is 0 Å². The van der Waals surface area contributed by atoms with Crippen LogP contribution in [0.5, 0.6) is 0 Å². The number of urea groups is 1. The van der Waals surface area contributed by atoms with Crippen molar-refractivity contribution in [2.75, 3.05) is 29.9 Å². The highest BCUT2D eigenvalue weighted by atomic mass is 35.5. The predicted octanol–water partition coefficient (Wildman–Crippen LogP) is 3.81. The average molecular weight is 584 g/mol. The zero-order valence-electron chi connectivity index (χ0n) is 21.4. The van der Waals surface area contributed by atoms with Crippen LogP contribution in [0.1, 0.15) is 45.7 Å². The number of hydrogen-bond donors (Lipinski definition) is 4. The van der Waals surface area contributed by atoms with Gasteiger partial charge in [0, 0.05) is 50.5 Å². The molecule has 5 amide bonds. The van der Waals surface area contributed by atoms with Crippen LogP contribution in [0.2, 0.25) is 10.0 Å². The normalized spacial score (nSPS) is 16.5. The van der Waals surface area contributed by atoms with E-state index in [2.05, 4.69) is 31.0 Å². The van der Waals surface area contributed by atoms with E-state index in [0.717, 1.165) is 37.2 Å². The van der Waals surface area contributed by atoms with Crippen molar-refractivity contribution in [2.45, 2.75) is 31.8 Å². The molecule has 0 bridgehead atoms. The second-order valence-electron chi connectivity index (χ2n) is 9.65. The largest absolute Gasteiger partial charge is 0.348 e. The fourth-order valence-electron chi connectivity index (χ4n) is 4.84. The molecular weight excluding hydrogens is 557 g/mol. The molecule has 0 saturated carbocycles. The fourth-order valence-corrected chi connectivity index (χ4v) is 5.41. The molecule has 40 heavy (non-hydrogen) atoms. The van der Waals surface area contributed by atoms with E-state index in [9.17, 15) is 19.2 Å². The van der Waals surface area contributed by atoms with E-state index in [0.29, 0.717) is 13.1 Å². The first kappa shape index (κ1) is 27.6. The first-order valence-electron chi connectivity index (χ1n) is 12.8. The third kappa shape index (κ3) is 6.27. The minimum Gasteiger partial charge on any atom is -0.348 e. The van der Waals surface area contributed by atoms with E-state index in [-0.39, 0.29) is 45.4 Å². The second-order valence-corrected chi connectivity index (χ2v) is 10.5. The molecule has 2 aliphatic rings. The lowest BCUT2D eigenvalue weighted by molar-refractivity contribution is -0.120. The lowest BCUT2D eigenvalue weighted by Crippen LogP contribution is -2.49. The molecule has 5 rings (SSSR count). The molecule has 0 unspecified atom stereocenters. The van der Waals surface area contributed by atoms with Crippen LogP contribution < -0.4 is 20.9 Å². The Labute approximate surface area is 240 Å². The summed E-state index contributed by atoms with van der Waals surface area (Å²) in [6.07, 6.45) is 3.18. The van der Waals surface area contributed by atoms with Crippen LogP contribution in [0.15, 0.2) is 48.7 Å². The van der Waals surface area contributed by atoms with Crippen molar-refractivity contribution >= 4 is 58.3 Å². The highest BCUT2D eigenvalue weighted by Gasteiger charge is 2.26. The van der Waals surface area contributed by atoms with Crippen LogP contribution in [0.3, 0.4) is 0 Å². The first-order chi connectivity index (χ1) is 19.3. The lowest BCUT2D eigenvalue weighted by atomic mass is 10.0. The summed E-state index contributed by atoms with van der Waals surface area (Å²) < 4.78 is 0. The number of aromatic nitrogens is 2. The van der Waals surface area contributed by atoms with E-state index in [1.54, 1.807) is 23.1 Å². The van der Waals surface area contributed by atoms with Crippen molar-refractivity contribution in [3.05, 3.63) is 75.5 Å². The van der Waals surface area contributed by atoms with Gasteiger partial charge in [-0.1, -0.05) is 41.4 Å². The molecule has 13 heteroatoms. The minimum absolute atomic E-state index is 0.0528. The number of imide groups is 1. The number of H-pyrrole nitrogens is 1. The standard InChI is InChI=1S/C27H27Cl2N7O4/c28-19-5-2-6-20(29)23(19)25(38)32-21-14-30-34-24(21)26(39)31-17-7-10-35(11-8-17)15-16-3-1-4-18(13-16)36-12-9-22(37)33-27(36)40/h1-6,13-14,17H,7-12,15H2,(H,30,34)(H,31,39)(H,32,38)(H,33,37,40). The summed E-state index contributed by atoms with van der Waals surface area (Å²) in [5.74, 6) is -1.20. The number of nitrogens with one attached hydrogen (secondary N) is 4. The number of hydrogen-bond acceptors (Lipinski definition) is 6. The zero-order valence-corrected chi connectivity index (χ0v) is 22.9. The zero-order chi connectivity index (χ0) is 28.2. The van der Waals surface area contributed by atoms with Gasteiger partial charge in [0.05, 0.1) is 21.3 Å². The maximum Gasteiger partial charge on any atom is 0.328 e. The third-order valence-electron chi connectivity index (χ3n) is 6.90. The Morgan fingerprint density at radius 2 is 1.73 bits per heavy atom. The Hall–Kier alpha value is -3.93. The number of anilines is 2. The molecule has 11 nitrogen and oxygen atoms in total. The molecule has 2 aliphatic heterocycles. The van der Waals surface area contributed by atoms with Gasteiger partial charge >= 0.3 is 6.03 Å². The molecule has 4 N–H and O–H groups in total. The summed E-state index contributed by atoms with van der Waals surface area (Å²) in [5, 5.41) is 15.1. The van der Waals surface area contributed by atoms with Crippen LogP contribution in [0.25, 0.3) is 0 Å². The quantitative estimate of drug-likeness (QED) is 0.333. The number of nitrogens with zero attached hydrogens (tertiary/aromatic N) is 3. The first-order valence-corrected chi connectivity index (χ1v) is 13.6. The molecule has 2 saturated heterocycles. The van der Waals surface area contributed by atoms with Crippen molar-refractivity contribution < 1.29 is 19.2 Å². The molecule has 2 fully saturated rings. The van der Waals surface area contributed by atoms with Crippen molar-refractivity contribution in [1.82, 2.24) is 25.7 Å². The SMILES string of the molecule is O=C1CCN(c2cccc(CN3CCC(NC(=O)c4n[nH]cc4NC(=O)c4c(Cl)cccc4Cl)CC3)c2)C(=O)N1. The highest BCUT2D eigenvalue weighted by molar-refractivity contribution is 6.40. The highest BCUT2D eigenvalue weighted by Crippen LogP contribution is 2.26. The number of amides is 5. The van der Waals surface area contributed by atoms with E-state index in [4.69, 9.17) is 23.2 Å². The minimum atomic E-state index is -0.544. The Morgan fingerprint density at radius 1 is 1.00 bits per heavy atom. The molecule has 0 radical (unpaired) electrons. The van der Waals surface area contributed by atoms with Crippen LogP contribution >= 0.6 is 23.2 Å². The monoisotopic (exact) mass is 583 g/mol. The van der Waals surface area contributed by atoms with Crippen LogP contribution in [-0.4, -0.2) is 64.5 Å². The maximum atomic E-state index is 13.0. The second kappa shape index (κ2) is 12.1. The van der Waals surface area contributed by atoms with Crippen LogP contribution in [0, 0.1) is 0 Å². The number of carbonyl (C=O) groups is 4. The summed E-state index contributed by atoms with van der Waals surface area (Å²) in [6, 6.07) is 12.0. The van der Waals surface area contributed by atoms with Gasteiger partial charge in [-0.3, -0.25) is 34.6 Å². The fraction of sp³-hybridized carbons (Fsp3) is 0.296. The van der Waals surface area contributed by atoms with Gasteiger partial charge < -0.3 is 10.6 Å². The van der Waals surface area contributed by atoms with Gasteiger partial charge in [-0.15, -0.1) is 0 Å². The van der Waals surface area contributed by atoms with E-state index < -0.39 is 17.8 Å². The van der Waals surface area contributed by atoms with Gasteiger partial charge in [0.2, 0.25) is 5.91 Å². The average Bonchev–Trinajstić information content (AvgIpc) is 3.38. The number of likely N-dealkylation sites (tertiary alicyclic amines) is 1. The summed E-state index contributed by atoms with van der Waals surface area (Å²) in [4.78, 5) is 53.2. The number of piperidine rings is 1. The summed E-state index contributed by atoms with van der Waals surface area (Å²) in [7, 11) is 0. The summed E-state index contributed by atoms with van der Waals surface area (Å²) in [5.41, 5.74) is 2.22. The Kier molecular flexibility index (Phi) is 8.34. The number of rotatable bonds is 7. The number of carbonyl (C=O) groups excluding carboxylic acids is 4. The molecule has 3 heterocycles. The molecule has 0 aliphatic carbocycles. The Bertz CT molecular complexity index is 1430. The van der Waals surface area contributed by atoms with Gasteiger partial charge in [-0.05, 0) is 42.7 Å². The van der Waals surface area contributed by atoms with Crippen molar-refractivity contribution in [1.29, 1.82) is 0 Å². The molecule has 0 atom stereocenters. The number of aromatic amines is 1. The summed E-state index contributed by atoms with van der Waals surface area (Å²) >= 11 is 12.3. The molecule has 2 aromatic carbocycles. The van der Waals surface area contributed by atoms with Crippen molar-refractivity contribution in [3.8, 4) is 0 Å². The van der Waals surface area contributed by atoms with Gasteiger partial charge in [-0.2, -0.15) is 5.10 Å². The Morgan fingerprint density at radius 3 is 2.45 bits per heavy atom. The van der Waals surface area contributed by atoms with Crippen molar-refractivity contribution in [3.63, 3.8) is 0 Å². The molecular formula is C27H27Cl2N7O4. The van der Waals surface area contributed by atoms with E-state index >= 15 is 0 Å². The molecule has 1 aromatic heterocycles. The van der Waals surface area contributed by atoms with Crippen LogP contribution in [0.4, 0.5) is 16.2 Å². The molecule has 208 valence electrons. The number of halogens is 2. The molecule has 3 aromatic rings. The predicted molar refractivity (Wildman–Crippen MR) is 151 cm³/mol. The third-order valence-corrected chi connectivity index (χ3v) is 7.53. The molecule has 0 spiro atoms. The van der Waals surface area contributed by atoms with Gasteiger partial charge in [0.25, 0.3) is 11.8 Å². The maximum absolute atomic E-state index is 13.0. The summed E-state index contributed by atoms with van der Waals surface area (Å²) in [6.45, 7) is 2.59. The Balaban J connectivity index is 1.14. The lowest BCUT2D eigenvalue weighted by Gasteiger charge is -2.32. The van der Waals surface area contributed by atoms with Crippen molar-refractivity contribution in [2.24, 2.45) is 0 Å². The van der Waals surface area contributed by atoms with Gasteiger partial charge in [-0.25, -0.2) is 4.79 Å². The van der Waals surface area contributed by atoms with E-state index in [1.165, 1.54) is 6.20 Å².